The highest BCUT2D eigenvalue weighted by molar-refractivity contribution is 8.07. The second-order valence-electron chi connectivity index (χ2n) is 17.7. The number of H-pyrrole nitrogens is 1. The lowest BCUT2D eigenvalue weighted by atomic mass is 9.80. The summed E-state index contributed by atoms with van der Waals surface area (Å²) in [6.45, 7) is -0.981. The Morgan fingerprint density at radius 1 is 1.00 bits per heavy atom. The number of fused-ring (bicyclic) bond motifs is 1. The zero-order chi connectivity index (χ0) is 51.7. The number of hydrogen-bond donors (Lipinski definition) is 4. The molecule has 25 heteroatoms. The first-order valence-electron chi connectivity index (χ1n) is 23.3. The molecule has 2 aliphatic carbocycles. The van der Waals surface area contributed by atoms with E-state index in [0.717, 1.165) is 16.7 Å². The molecule has 1 unspecified atom stereocenters. The number of hydrogen-bond acceptors (Lipinski definition) is 18. The Morgan fingerprint density at radius 2 is 1.68 bits per heavy atom. The van der Waals surface area contributed by atoms with Gasteiger partial charge in [0.1, 0.15) is 29.2 Å². The highest BCUT2D eigenvalue weighted by Gasteiger charge is 2.51. The number of anilines is 2. The van der Waals surface area contributed by atoms with Crippen LogP contribution >= 0.6 is 15.0 Å². The molecule has 384 valence electrons. The van der Waals surface area contributed by atoms with Gasteiger partial charge >= 0.3 is 15.0 Å². The van der Waals surface area contributed by atoms with Crippen LogP contribution < -0.4 is 25.7 Å². The van der Waals surface area contributed by atoms with Crippen LogP contribution in [0.25, 0.3) is 11.2 Å². The second kappa shape index (κ2) is 23.8. The lowest BCUT2D eigenvalue weighted by Gasteiger charge is -2.37. The van der Waals surface area contributed by atoms with E-state index in [1.807, 2.05) is 84.9 Å². The van der Waals surface area contributed by atoms with Gasteiger partial charge in [0.25, 0.3) is 5.56 Å². The van der Waals surface area contributed by atoms with Gasteiger partial charge < -0.3 is 33.1 Å². The minimum Gasteiger partial charge on any atom is -0.497 e. The van der Waals surface area contributed by atoms with E-state index in [1.54, 1.807) is 34.1 Å². The third-order valence-corrected chi connectivity index (χ3v) is 15.5. The van der Waals surface area contributed by atoms with Crippen molar-refractivity contribution >= 4 is 55.6 Å². The molecule has 8 rings (SSSR count). The number of aromatic nitrogens is 7. The summed E-state index contributed by atoms with van der Waals surface area (Å²) in [6, 6.07) is 26.9. The molecule has 4 N–H and O–H groups in total. The molecule has 6 aromatic rings. The van der Waals surface area contributed by atoms with Crippen LogP contribution in [0.1, 0.15) is 62.3 Å². The van der Waals surface area contributed by atoms with Crippen molar-refractivity contribution in [1.82, 2.24) is 34.9 Å². The van der Waals surface area contributed by atoms with E-state index in [1.165, 1.54) is 17.2 Å². The molecule has 3 heterocycles. The molecule has 2 fully saturated rings. The zero-order valence-electron chi connectivity index (χ0n) is 40.1. The minimum atomic E-state index is -3.95. The predicted octanol–water partition coefficient (Wildman–Crippen LogP) is 7.31. The SMILES string of the molecule is COc1ccc(C(OC[C@H]2C[C@@H](n3nnc4c(=O)[nH]c(NC(=O)C(C)C)nc43)[C@H](O[P@](=S)(OCCC#N)OC[C@H]3C[C@@H](Nc4ccncn4)[C@H](F)[C@@H]3O[P+](=O)O)C2)(c2ccccc2)c2ccc(OC)cc2)cc1. The molecule has 9 atom stereocenters. The monoisotopic (exact) mass is 1060 g/mol. The van der Waals surface area contributed by atoms with Crippen molar-refractivity contribution in [1.29, 1.82) is 5.26 Å². The van der Waals surface area contributed by atoms with Gasteiger partial charge in [-0.3, -0.25) is 19.9 Å². The number of amides is 1. The number of rotatable bonds is 23. The molecular formula is C48H54FN10O11P2S+. The Bertz CT molecular complexity index is 2950. The van der Waals surface area contributed by atoms with E-state index >= 15 is 4.39 Å². The Balaban J connectivity index is 1.16. The molecule has 3 aromatic heterocycles. The molecule has 2 aliphatic rings. The topological polar surface area (TPSA) is 269 Å². The normalized spacial score (nSPS) is 21.9. The maximum Gasteiger partial charge on any atom is 0.695 e. The Morgan fingerprint density at radius 3 is 2.30 bits per heavy atom. The van der Waals surface area contributed by atoms with Crippen LogP contribution in [0.15, 0.2) is 102 Å². The van der Waals surface area contributed by atoms with Gasteiger partial charge in [0.05, 0.1) is 64.7 Å². The molecule has 0 radical (unpaired) electrons. The number of ether oxygens (including phenoxy) is 3. The van der Waals surface area contributed by atoms with E-state index in [4.69, 9.17) is 44.1 Å². The fourth-order valence-corrected chi connectivity index (χ4v) is 11.8. The van der Waals surface area contributed by atoms with Gasteiger partial charge in [-0.05, 0) is 84.0 Å². The van der Waals surface area contributed by atoms with Gasteiger partial charge in [-0.1, -0.05) is 73.7 Å². The van der Waals surface area contributed by atoms with Crippen molar-refractivity contribution in [2.75, 3.05) is 44.7 Å². The van der Waals surface area contributed by atoms with E-state index in [0.29, 0.717) is 17.3 Å². The maximum atomic E-state index is 16.1. The van der Waals surface area contributed by atoms with Crippen LogP contribution in [0.2, 0.25) is 0 Å². The minimum absolute atomic E-state index is 0.0398. The number of carbonyl (C=O) groups excluding carboxylic acids is 1. The van der Waals surface area contributed by atoms with E-state index < -0.39 is 68.4 Å². The van der Waals surface area contributed by atoms with Gasteiger partial charge in [-0.2, -0.15) is 10.2 Å². The fourth-order valence-electron chi connectivity index (χ4n) is 9.13. The first-order valence-corrected chi connectivity index (χ1v) is 27.0. The first-order chi connectivity index (χ1) is 35.2. The fraction of sp³-hybridized carbons (Fsp3) is 0.417. The van der Waals surface area contributed by atoms with Gasteiger partial charge in [-0.15, -0.1) is 14.5 Å². The van der Waals surface area contributed by atoms with E-state index in [-0.39, 0.29) is 74.4 Å². The van der Waals surface area contributed by atoms with Crippen LogP contribution in [0.3, 0.4) is 0 Å². The number of alkyl halides is 1. The zero-order valence-corrected chi connectivity index (χ0v) is 42.8. The quantitative estimate of drug-likeness (QED) is 0.0278. The summed E-state index contributed by atoms with van der Waals surface area (Å²) in [5.41, 5.74) is 0.513. The molecule has 0 spiro atoms. The van der Waals surface area contributed by atoms with Crippen molar-refractivity contribution in [3.05, 3.63) is 124 Å². The summed E-state index contributed by atoms with van der Waals surface area (Å²) in [5, 5.41) is 23.8. The number of aromatic amines is 1. The van der Waals surface area contributed by atoms with Crippen LogP contribution in [0.5, 0.6) is 11.5 Å². The largest absolute Gasteiger partial charge is 0.695 e. The van der Waals surface area contributed by atoms with E-state index in [9.17, 15) is 24.3 Å². The lowest BCUT2D eigenvalue weighted by molar-refractivity contribution is -0.118. The van der Waals surface area contributed by atoms with Crippen LogP contribution in [-0.4, -0.2) is 104 Å². The van der Waals surface area contributed by atoms with Gasteiger partial charge in [0.15, 0.2) is 23.4 Å². The first kappa shape index (κ1) is 53.1. The summed E-state index contributed by atoms with van der Waals surface area (Å²) in [7, 11) is -0.0457. The van der Waals surface area contributed by atoms with Crippen LogP contribution in [0.4, 0.5) is 16.2 Å². The van der Waals surface area contributed by atoms with Crippen molar-refractivity contribution < 1.29 is 50.9 Å². The lowest BCUT2D eigenvalue weighted by Crippen LogP contribution is -2.34. The number of methoxy groups -OCH3 is 2. The van der Waals surface area contributed by atoms with Crippen LogP contribution in [-0.2, 0) is 49.6 Å². The Kier molecular flexibility index (Phi) is 17.3. The Labute approximate surface area is 425 Å². The van der Waals surface area contributed by atoms with Crippen molar-refractivity contribution in [3.63, 3.8) is 0 Å². The number of benzene rings is 3. The van der Waals surface area contributed by atoms with Gasteiger partial charge in [0.2, 0.25) is 11.9 Å². The smallest absolute Gasteiger partial charge is 0.497 e. The molecule has 73 heavy (non-hydrogen) atoms. The van der Waals surface area contributed by atoms with Crippen molar-refractivity contribution in [2.24, 2.45) is 17.8 Å². The number of nitriles is 1. The van der Waals surface area contributed by atoms with Crippen molar-refractivity contribution in [3.8, 4) is 17.6 Å². The standard InChI is InChI=1S/C48H53FN10O11P2S/c1-29(2)45(60)55-47-54-44-42(46(61)56-47)57-58-59(44)38-23-30(26-66-48(32-9-6-5-7-10-32,33-11-15-35(64-3)16-12-33)34-13-17-36(65-4)18-14-34)24-39(38)70-72(73,67-22-8-20-50)68-27-31-25-37(41(49)43(31)69-71(62)63)53-40-19-21-51-28-52-40/h5-7,9-19,21,28-31,37-39,41,43H,8,22-27H2,1-4H3,(H3-,51,52,53,54,55,56,58,60,61,62,63)/p+1/t30-,31+,37+,38+,39+,41-,43+,72-/m0/s1. The number of carbonyl (C=O) groups is 1. The van der Waals surface area contributed by atoms with Gasteiger partial charge in [0, 0.05) is 22.6 Å². The highest BCUT2D eigenvalue weighted by atomic mass is 32.5. The molecule has 0 bridgehead atoms. The van der Waals surface area contributed by atoms with E-state index in [2.05, 4.69) is 40.9 Å². The molecule has 21 nitrogen and oxygen atoms in total. The average molecular weight is 1060 g/mol. The van der Waals surface area contributed by atoms with Gasteiger partial charge in [-0.25, -0.2) is 19.0 Å². The summed E-state index contributed by atoms with van der Waals surface area (Å²) in [4.78, 5) is 51.2. The third-order valence-electron chi connectivity index (χ3n) is 12.7. The highest BCUT2D eigenvalue weighted by Crippen LogP contribution is 2.56. The predicted molar refractivity (Wildman–Crippen MR) is 268 cm³/mol. The number of halogens is 1. The Hall–Kier alpha value is -6.18. The number of nitrogens with one attached hydrogen (secondary N) is 3. The maximum absolute atomic E-state index is 16.1. The molecule has 0 saturated heterocycles. The summed E-state index contributed by atoms with van der Waals surface area (Å²) in [5.74, 6) is -0.498. The van der Waals surface area contributed by atoms with Crippen LogP contribution in [0, 0.1) is 29.1 Å². The molecule has 3 aromatic carbocycles. The number of nitrogens with zero attached hydrogens (tertiary/aromatic N) is 7. The molecule has 0 aliphatic heterocycles. The molecule has 2 saturated carbocycles. The third kappa shape index (κ3) is 12.3. The summed E-state index contributed by atoms with van der Waals surface area (Å²) >= 11 is 6.11. The van der Waals surface area contributed by atoms with Crippen molar-refractivity contribution in [2.45, 2.75) is 75.6 Å². The second-order valence-corrected chi connectivity index (χ2v) is 21.4. The summed E-state index contributed by atoms with van der Waals surface area (Å²) < 4.78 is 72.6. The average Bonchev–Trinajstić information content (AvgIpc) is 4.08. The summed E-state index contributed by atoms with van der Waals surface area (Å²) in [6.07, 6.45) is -0.826. The molecule has 1 amide bonds. The molecular weight excluding hydrogens is 1010 g/mol.